The summed E-state index contributed by atoms with van der Waals surface area (Å²) in [5, 5.41) is 7.26. The van der Waals surface area contributed by atoms with E-state index in [1.165, 1.54) is 4.68 Å². The summed E-state index contributed by atoms with van der Waals surface area (Å²) in [4.78, 5) is 23.7. The second-order valence-corrected chi connectivity index (χ2v) is 5.77. The minimum Gasteiger partial charge on any atom is -0.350 e. The van der Waals surface area contributed by atoms with Gasteiger partial charge in [-0.3, -0.25) is 9.59 Å². The van der Waals surface area contributed by atoms with Crippen molar-refractivity contribution in [2.24, 2.45) is 0 Å². The minimum absolute atomic E-state index is 0.286. The summed E-state index contributed by atoms with van der Waals surface area (Å²) in [5.41, 5.74) is 1.92. The molecular formula is C15H12BrN3O2. The van der Waals surface area contributed by atoms with Gasteiger partial charge in [0.05, 0.1) is 5.69 Å². The van der Waals surface area contributed by atoms with Gasteiger partial charge in [0.15, 0.2) is 0 Å². The van der Waals surface area contributed by atoms with E-state index >= 15 is 0 Å². The summed E-state index contributed by atoms with van der Waals surface area (Å²) < 4.78 is 2.46. The number of aromatic nitrogens is 2. The monoisotopic (exact) mass is 345 g/mol. The Balaban J connectivity index is 2.03. The largest absolute Gasteiger partial charge is 0.350 e. The van der Waals surface area contributed by atoms with E-state index in [-0.39, 0.29) is 5.69 Å². The third kappa shape index (κ3) is 2.31. The first-order chi connectivity index (χ1) is 9.97. The highest BCUT2D eigenvalue weighted by Crippen LogP contribution is 2.22. The topological polar surface area (TPSA) is 64.0 Å². The number of rotatable bonds is 3. The SMILES string of the molecule is Cc1cc(C)n(-c2c(Nc3ccc(Br)cc3)c(=O)c2=O)n1. The summed E-state index contributed by atoms with van der Waals surface area (Å²) in [6, 6.07) is 9.23. The fourth-order valence-electron chi connectivity index (χ4n) is 2.23. The molecule has 3 rings (SSSR count). The third-order valence-corrected chi connectivity index (χ3v) is 3.75. The standard InChI is InChI=1S/C15H12BrN3O2/c1-8-7-9(2)19(18-8)13-12(14(20)15(13)21)17-11-5-3-10(16)4-6-11/h3-7,17H,1-2H3. The molecule has 0 aliphatic carbocycles. The molecule has 106 valence electrons. The second kappa shape index (κ2) is 4.96. The van der Waals surface area contributed by atoms with Crippen LogP contribution in [0.15, 0.2) is 44.4 Å². The number of halogens is 1. The smallest absolute Gasteiger partial charge is 0.255 e. The van der Waals surface area contributed by atoms with Gasteiger partial charge in [-0.2, -0.15) is 5.10 Å². The molecular weight excluding hydrogens is 334 g/mol. The maximum Gasteiger partial charge on any atom is 0.255 e. The average molecular weight is 346 g/mol. The molecule has 0 saturated heterocycles. The summed E-state index contributed by atoms with van der Waals surface area (Å²) in [6.07, 6.45) is 0. The molecule has 21 heavy (non-hydrogen) atoms. The van der Waals surface area contributed by atoms with Crippen LogP contribution in [0, 0.1) is 13.8 Å². The first kappa shape index (κ1) is 13.8. The van der Waals surface area contributed by atoms with Crippen LogP contribution in [-0.2, 0) is 0 Å². The highest BCUT2D eigenvalue weighted by atomic mass is 79.9. The number of aryl methyl sites for hydroxylation is 2. The average Bonchev–Trinajstić information content (AvgIpc) is 2.78. The maximum atomic E-state index is 11.9. The number of nitrogens with one attached hydrogen (secondary N) is 1. The molecule has 1 aromatic heterocycles. The number of benzene rings is 1. The predicted molar refractivity (Wildman–Crippen MR) is 85.4 cm³/mol. The number of anilines is 2. The van der Waals surface area contributed by atoms with Gasteiger partial charge in [0.2, 0.25) is 0 Å². The van der Waals surface area contributed by atoms with Gasteiger partial charge in [-0.25, -0.2) is 4.68 Å². The van der Waals surface area contributed by atoms with E-state index in [9.17, 15) is 9.59 Å². The molecule has 0 fully saturated rings. The fraction of sp³-hybridized carbons (Fsp3) is 0.133. The van der Waals surface area contributed by atoms with Crippen LogP contribution in [0.4, 0.5) is 11.4 Å². The zero-order valence-electron chi connectivity index (χ0n) is 11.5. The van der Waals surface area contributed by atoms with Crippen molar-refractivity contribution in [2.75, 3.05) is 5.32 Å². The Kier molecular flexibility index (Phi) is 3.25. The number of hydrogen-bond donors (Lipinski definition) is 1. The van der Waals surface area contributed by atoms with Crippen LogP contribution < -0.4 is 16.2 Å². The van der Waals surface area contributed by atoms with Crippen molar-refractivity contribution in [3.63, 3.8) is 0 Å². The summed E-state index contributed by atoms with van der Waals surface area (Å²) in [6.45, 7) is 3.69. The molecule has 0 radical (unpaired) electrons. The molecule has 5 nitrogen and oxygen atoms in total. The first-order valence-corrected chi connectivity index (χ1v) is 7.16. The van der Waals surface area contributed by atoms with Crippen molar-refractivity contribution in [3.8, 4) is 5.69 Å². The normalized spacial score (nSPS) is 11.0. The summed E-state index contributed by atoms with van der Waals surface area (Å²) in [7, 11) is 0. The molecule has 0 atom stereocenters. The Morgan fingerprint density at radius 1 is 1.10 bits per heavy atom. The van der Waals surface area contributed by atoms with Crippen LogP contribution in [-0.4, -0.2) is 9.78 Å². The number of nitrogens with zero attached hydrogens (tertiary/aromatic N) is 2. The molecule has 1 heterocycles. The predicted octanol–water partition coefficient (Wildman–Crippen LogP) is 2.59. The van der Waals surface area contributed by atoms with Gasteiger partial charge in [-0.15, -0.1) is 0 Å². The van der Waals surface area contributed by atoms with Gasteiger partial charge in [-0.1, -0.05) is 15.9 Å². The Hall–Kier alpha value is -2.21. The lowest BCUT2D eigenvalue weighted by molar-refractivity contribution is 0.820. The van der Waals surface area contributed by atoms with Gasteiger partial charge in [0.25, 0.3) is 10.9 Å². The van der Waals surface area contributed by atoms with Crippen molar-refractivity contribution >= 4 is 27.3 Å². The van der Waals surface area contributed by atoms with Gasteiger partial charge in [-0.05, 0) is 44.2 Å². The zero-order valence-corrected chi connectivity index (χ0v) is 13.1. The summed E-state index contributed by atoms with van der Waals surface area (Å²) >= 11 is 3.35. The van der Waals surface area contributed by atoms with E-state index in [0.717, 1.165) is 21.5 Å². The van der Waals surface area contributed by atoms with E-state index < -0.39 is 10.9 Å². The molecule has 0 spiro atoms. The van der Waals surface area contributed by atoms with Crippen LogP contribution >= 0.6 is 15.9 Å². The molecule has 3 aromatic rings. The Labute approximate surface area is 129 Å². The molecule has 0 unspecified atom stereocenters. The first-order valence-electron chi connectivity index (χ1n) is 6.37. The maximum absolute atomic E-state index is 11.9. The molecule has 6 heteroatoms. The van der Waals surface area contributed by atoms with Crippen molar-refractivity contribution in [2.45, 2.75) is 13.8 Å². The van der Waals surface area contributed by atoms with Crippen LogP contribution in [0.3, 0.4) is 0 Å². The molecule has 0 saturated carbocycles. The van der Waals surface area contributed by atoms with Crippen molar-refractivity contribution in [1.82, 2.24) is 9.78 Å². The second-order valence-electron chi connectivity index (χ2n) is 4.85. The lowest BCUT2D eigenvalue weighted by Crippen LogP contribution is -2.38. The Bertz CT molecular complexity index is 887. The van der Waals surface area contributed by atoms with Crippen LogP contribution in [0.5, 0.6) is 0 Å². The van der Waals surface area contributed by atoms with E-state index in [2.05, 4.69) is 26.3 Å². The molecule has 0 amide bonds. The van der Waals surface area contributed by atoms with E-state index in [1.54, 1.807) is 0 Å². The van der Waals surface area contributed by atoms with E-state index in [1.807, 2.05) is 44.2 Å². The van der Waals surface area contributed by atoms with Crippen molar-refractivity contribution < 1.29 is 0 Å². The third-order valence-electron chi connectivity index (χ3n) is 3.22. The van der Waals surface area contributed by atoms with E-state index in [0.29, 0.717) is 5.69 Å². The Morgan fingerprint density at radius 3 is 2.33 bits per heavy atom. The number of hydrogen-bond acceptors (Lipinski definition) is 4. The van der Waals surface area contributed by atoms with E-state index in [4.69, 9.17) is 0 Å². The molecule has 0 aliphatic heterocycles. The molecule has 2 aromatic carbocycles. The van der Waals surface area contributed by atoms with Gasteiger partial charge in [0.1, 0.15) is 11.4 Å². The molecule has 0 bridgehead atoms. The fourth-order valence-corrected chi connectivity index (χ4v) is 2.49. The van der Waals surface area contributed by atoms with Gasteiger partial charge in [0, 0.05) is 15.9 Å². The van der Waals surface area contributed by atoms with Crippen LogP contribution in [0.25, 0.3) is 5.69 Å². The van der Waals surface area contributed by atoms with Gasteiger partial charge >= 0.3 is 0 Å². The lowest BCUT2D eigenvalue weighted by Gasteiger charge is -2.14. The van der Waals surface area contributed by atoms with Crippen LogP contribution in [0.1, 0.15) is 11.4 Å². The Morgan fingerprint density at radius 2 is 1.76 bits per heavy atom. The zero-order chi connectivity index (χ0) is 15.1. The molecule has 1 N–H and O–H groups in total. The highest BCUT2D eigenvalue weighted by molar-refractivity contribution is 9.10. The lowest BCUT2D eigenvalue weighted by atomic mass is 10.1. The van der Waals surface area contributed by atoms with Crippen LogP contribution in [0.2, 0.25) is 0 Å². The minimum atomic E-state index is -0.513. The molecule has 0 aliphatic rings. The van der Waals surface area contributed by atoms with Crippen molar-refractivity contribution in [3.05, 3.63) is 66.6 Å². The van der Waals surface area contributed by atoms with Crippen molar-refractivity contribution in [1.29, 1.82) is 0 Å². The summed E-state index contributed by atoms with van der Waals surface area (Å²) in [5.74, 6) is 0. The van der Waals surface area contributed by atoms with Gasteiger partial charge < -0.3 is 5.32 Å². The highest BCUT2D eigenvalue weighted by Gasteiger charge is 2.24. The quantitative estimate of drug-likeness (QED) is 0.741.